The zero-order chi connectivity index (χ0) is 12.0. The van der Waals surface area contributed by atoms with Gasteiger partial charge in [0.2, 0.25) is 0 Å². The van der Waals surface area contributed by atoms with Crippen LogP contribution < -0.4 is 5.32 Å². The average molecular weight is 264 g/mol. The first-order valence-electron chi connectivity index (χ1n) is 4.95. The van der Waals surface area contributed by atoms with Gasteiger partial charge < -0.3 is 5.32 Å². The van der Waals surface area contributed by atoms with Crippen LogP contribution in [0.25, 0.3) is 0 Å². The van der Waals surface area contributed by atoms with E-state index in [9.17, 15) is 9.18 Å². The van der Waals surface area contributed by atoms with Crippen LogP contribution >= 0.6 is 23.2 Å². The molecule has 1 aromatic rings. The van der Waals surface area contributed by atoms with E-state index in [0.717, 1.165) is 12.8 Å². The fraction of sp³-hybridized carbons (Fsp3) is 0.364. The highest BCUT2D eigenvalue weighted by Gasteiger charge is 2.14. The second kappa shape index (κ2) is 6.71. The number of hydrogen-bond acceptors (Lipinski definition) is 1. The summed E-state index contributed by atoms with van der Waals surface area (Å²) in [6, 6.07) is 4.15. The van der Waals surface area contributed by atoms with Crippen molar-refractivity contribution >= 4 is 29.1 Å². The van der Waals surface area contributed by atoms with E-state index in [1.807, 2.05) is 0 Å². The van der Waals surface area contributed by atoms with Crippen LogP contribution in [0, 0.1) is 5.82 Å². The van der Waals surface area contributed by atoms with Crippen LogP contribution in [0.4, 0.5) is 4.39 Å². The van der Waals surface area contributed by atoms with Crippen LogP contribution in [0.2, 0.25) is 5.02 Å². The summed E-state index contributed by atoms with van der Waals surface area (Å²) >= 11 is 11.2. The summed E-state index contributed by atoms with van der Waals surface area (Å²) in [7, 11) is 0. The van der Waals surface area contributed by atoms with Crippen molar-refractivity contribution in [2.45, 2.75) is 12.8 Å². The lowest BCUT2D eigenvalue weighted by atomic mass is 10.2. The van der Waals surface area contributed by atoms with Crippen molar-refractivity contribution in [3.8, 4) is 0 Å². The molecule has 1 amide bonds. The molecule has 0 aliphatic heterocycles. The summed E-state index contributed by atoms with van der Waals surface area (Å²) in [5.41, 5.74) is -0.102. The summed E-state index contributed by atoms with van der Waals surface area (Å²) < 4.78 is 13.3. The summed E-state index contributed by atoms with van der Waals surface area (Å²) in [5.74, 6) is -0.545. The quantitative estimate of drug-likeness (QED) is 0.642. The minimum Gasteiger partial charge on any atom is -0.352 e. The van der Waals surface area contributed by atoms with Crippen LogP contribution in [0.5, 0.6) is 0 Å². The van der Waals surface area contributed by atoms with Gasteiger partial charge in [-0.3, -0.25) is 4.79 Å². The Morgan fingerprint density at radius 1 is 1.38 bits per heavy atom. The lowest BCUT2D eigenvalue weighted by Crippen LogP contribution is -2.25. The molecule has 0 aromatic heterocycles. The Kier molecular flexibility index (Phi) is 5.56. The van der Waals surface area contributed by atoms with Gasteiger partial charge in [-0.25, -0.2) is 4.39 Å². The maximum absolute atomic E-state index is 13.3. The van der Waals surface area contributed by atoms with Crippen molar-refractivity contribution in [3.05, 3.63) is 34.6 Å². The van der Waals surface area contributed by atoms with Gasteiger partial charge in [0.05, 0.1) is 10.6 Å². The van der Waals surface area contributed by atoms with Gasteiger partial charge in [0.15, 0.2) is 0 Å². The third-order valence-corrected chi connectivity index (χ3v) is 2.62. The molecule has 0 fully saturated rings. The molecule has 0 saturated heterocycles. The Labute approximate surface area is 104 Å². The maximum Gasteiger partial charge on any atom is 0.255 e. The third kappa shape index (κ3) is 3.65. The van der Waals surface area contributed by atoms with Gasteiger partial charge in [-0.15, -0.1) is 11.6 Å². The molecule has 5 heteroatoms. The van der Waals surface area contributed by atoms with E-state index < -0.39 is 11.7 Å². The largest absolute Gasteiger partial charge is 0.352 e. The Morgan fingerprint density at radius 3 is 2.75 bits per heavy atom. The lowest BCUT2D eigenvalue weighted by molar-refractivity contribution is 0.0949. The van der Waals surface area contributed by atoms with E-state index >= 15 is 0 Å². The third-order valence-electron chi connectivity index (χ3n) is 2.04. The predicted molar refractivity (Wildman–Crippen MR) is 63.7 cm³/mol. The molecule has 1 rings (SSSR count). The first kappa shape index (κ1) is 13.3. The number of unbranched alkanes of at least 4 members (excludes halogenated alkanes) is 1. The Hall–Kier alpha value is -0.800. The highest BCUT2D eigenvalue weighted by atomic mass is 35.5. The van der Waals surface area contributed by atoms with Crippen molar-refractivity contribution in [2.24, 2.45) is 0 Å². The summed E-state index contributed by atoms with van der Waals surface area (Å²) in [6.45, 7) is 0.468. The van der Waals surface area contributed by atoms with Crippen molar-refractivity contribution in [1.29, 1.82) is 0 Å². The van der Waals surface area contributed by atoms with Crippen LogP contribution in [-0.4, -0.2) is 18.3 Å². The molecule has 0 bridgehead atoms. The number of halogens is 3. The van der Waals surface area contributed by atoms with E-state index in [1.165, 1.54) is 18.2 Å². The number of carbonyl (C=O) groups is 1. The number of rotatable bonds is 5. The van der Waals surface area contributed by atoms with Crippen molar-refractivity contribution < 1.29 is 9.18 Å². The van der Waals surface area contributed by atoms with Crippen LogP contribution in [0.3, 0.4) is 0 Å². The van der Waals surface area contributed by atoms with Gasteiger partial charge in [0.25, 0.3) is 5.91 Å². The molecule has 0 aliphatic rings. The normalized spacial score (nSPS) is 10.2. The molecule has 0 heterocycles. The minimum atomic E-state index is -0.609. The minimum absolute atomic E-state index is 0.102. The van der Waals surface area contributed by atoms with E-state index in [0.29, 0.717) is 12.4 Å². The topological polar surface area (TPSA) is 29.1 Å². The molecule has 0 spiro atoms. The molecular formula is C11H12Cl2FNO. The van der Waals surface area contributed by atoms with Gasteiger partial charge in [-0.2, -0.15) is 0 Å². The highest BCUT2D eigenvalue weighted by Crippen LogP contribution is 2.18. The zero-order valence-electron chi connectivity index (χ0n) is 8.60. The van der Waals surface area contributed by atoms with Crippen LogP contribution in [0.1, 0.15) is 23.2 Å². The van der Waals surface area contributed by atoms with Gasteiger partial charge in [0, 0.05) is 12.4 Å². The van der Waals surface area contributed by atoms with E-state index in [-0.39, 0.29) is 10.6 Å². The van der Waals surface area contributed by atoms with Crippen molar-refractivity contribution in [2.75, 3.05) is 12.4 Å². The van der Waals surface area contributed by atoms with Crippen LogP contribution in [-0.2, 0) is 0 Å². The Morgan fingerprint density at radius 2 is 2.12 bits per heavy atom. The maximum atomic E-state index is 13.3. The summed E-state index contributed by atoms with van der Waals surface area (Å²) in [5, 5.41) is 2.71. The predicted octanol–water partition coefficient (Wildman–Crippen LogP) is 3.23. The SMILES string of the molecule is O=C(NCCCCCl)c1c(F)cccc1Cl. The number of nitrogens with one attached hydrogen (secondary N) is 1. The number of alkyl halides is 1. The Bertz CT molecular complexity index is 351. The second-order valence-corrected chi connectivity index (χ2v) is 4.03. The monoisotopic (exact) mass is 263 g/mol. The standard InChI is InChI=1S/C11H12Cl2FNO/c12-6-1-2-7-15-11(16)10-8(13)4-3-5-9(10)14/h3-5H,1-2,6-7H2,(H,15,16). The van der Waals surface area contributed by atoms with E-state index in [2.05, 4.69) is 5.32 Å². The molecule has 0 saturated carbocycles. The number of amides is 1. The van der Waals surface area contributed by atoms with Gasteiger partial charge in [-0.05, 0) is 25.0 Å². The number of benzene rings is 1. The van der Waals surface area contributed by atoms with Crippen molar-refractivity contribution in [3.63, 3.8) is 0 Å². The molecule has 16 heavy (non-hydrogen) atoms. The van der Waals surface area contributed by atoms with Crippen molar-refractivity contribution in [1.82, 2.24) is 5.32 Å². The first-order valence-corrected chi connectivity index (χ1v) is 5.86. The average Bonchev–Trinajstić information content (AvgIpc) is 2.24. The molecule has 2 nitrogen and oxygen atoms in total. The molecule has 0 atom stereocenters. The van der Waals surface area contributed by atoms with E-state index in [1.54, 1.807) is 0 Å². The van der Waals surface area contributed by atoms with Gasteiger partial charge in [0.1, 0.15) is 5.82 Å². The highest BCUT2D eigenvalue weighted by molar-refractivity contribution is 6.33. The molecule has 1 aromatic carbocycles. The van der Waals surface area contributed by atoms with Crippen LogP contribution in [0.15, 0.2) is 18.2 Å². The fourth-order valence-electron chi connectivity index (χ4n) is 1.22. The van der Waals surface area contributed by atoms with Gasteiger partial charge in [-0.1, -0.05) is 17.7 Å². The Balaban J connectivity index is 2.59. The summed E-state index contributed by atoms with van der Waals surface area (Å²) in [4.78, 5) is 11.6. The second-order valence-electron chi connectivity index (χ2n) is 3.25. The number of hydrogen-bond donors (Lipinski definition) is 1. The van der Waals surface area contributed by atoms with E-state index in [4.69, 9.17) is 23.2 Å². The first-order chi connectivity index (χ1) is 7.66. The smallest absolute Gasteiger partial charge is 0.255 e. The fourth-order valence-corrected chi connectivity index (χ4v) is 1.66. The summed E-state index contributed by atoms with van der Waals surface area (Å²) in [6.07, 6.45) is 1.58. The molecule has 0 unspecified atom stereocenters. The zero-order valence-corrected chi connectivity index (χ0v) is 10.1. The molecule has 1 N–H and O–H groups in total. The lowest BCUT2D eigenvalue weighted by Gasteiger charge is -2.06. The molecule has 88 valence electrons. The molecular weight excluding hydrogens is 252 g/mol. The number of carbonyl (C=O) groups excluding carboxylic acids is 1. The van der Waals surface area contributed by atoms with Gasteiger partial charge >= 0.3 is 0 Å². The molecule has 0 aliphatic carbocycles. The molecule has 0 radical (unpaired) electrons.